The molecule has 0 aromatic carbocycles. The Bertz CT molecular complexity index is 234. The van der Waals surface area contributed by atoms with E-state index in [2.05, 4.69) is 37.3 Å². The maximum Gasteiger partial charge on any atom is 2.00 e. The van der Waals surface area contributed by atoms with Gasteiger partial charge in [0.2, 0.25) is 0 Å². The molecule has 2 aliphatic rings. The summed E-state index contributed by atoms with van der Waals surface area (Å²) in [6.45, 7) is 2.20. The van der Waals surface area contributed by atoms with Crippen molar-refractivity contribution in [2.24, 2.45) is 0 Å². The molecular formula is C13H16Ru. The van der Waals surface area contributed by atoms with E-state index in [1.807, 2.05) is 12.2 Å². The second-order valence-corrected chi connectivity index (χ2v) is 3.06. The molecule has 0 atom stereocenters. The van der Waals surface area contributed by atoms with Gasteiger partial charge in [0.25, 0.3) is 0 Å². The molecular weight excluding hydrogens is 257 g/mol. The minimum absolute atomic E-state index is 0. The molecule has 0 aromatic heterocycles. The summed E-state index contributed by atoms with van der Waals surface area (Å²) in [5.41, 5.74) is 1.40. The Balaban J connectivity index is 0.000000246. The Kier molecular flexibility index (Phi) is 8.88. The Morgan fingerprint density at radius 1 is 1.29 bits per heavy atom. The first-order valence-corrected chi connectivity index (χ1v) is 4.91. The standard InChI is InChI=1S/C8H11.C5H5.Ru/c1-2-5-8-6-3-4-7-8;1-2-4-5-3-1;/h3,6H,2,4-5H2,1H3;1-3H,4H2;/q2*-1;+2. The second-order valence-electron chi connectivity index (χ2n) is 3.06. The molecule has 0 saturated carbocycles. The molecule has 0 spiro atoms. The van der Waals surface area contributed by atoms with Crippen LogP contribution in [0.25, 0.3) is 0 Å². The number of hydrogen-bond acceptors (Lipinski definition) is 0. The second kappa shape index (κ2) is 9.15. The average Bonchev–Trinajstić information content (AvgIpc) is 2.79. The monoisotopic (exact) mass is 274 g/mol. The smallest absolute Gasteiger partial charge is 0.273 e. The van der Waals surface area contributed by atoms with Crippen molar-refractivity contribution < 1.29 is 19.5 Å². The molecule has 0 aromatic rings. The largest absolute Gasteiger partial charge is 2.00 e. The van der Waals surface area contributed by atoms with E-state index in [4.69, 9.17) is 0 Å². The average molecular weight is 273 g/mol. The topological polar surface area (TPSA) is 0 Å². The molecule has 0 amide bonds. The van der Waals surface area contributed by atoms with Crippen molar-refractivity contribution in [1.29, 1.82) is 0 Å². The Morgan fingerprint density at radius 2 is 2.14 bits per heavy atom. The minimum Gasteiger partial charge on any atom is -0.273 e. The zero-order valence-electron chi connectivity index (χ0n) is 8.57. The number of allylic oxidation sites excluding steroid dienone is 8. The summed E-state index contributed by atoms with van der Waals surface area (Å²) in [6, 6.07) is 0. The third-order valence-corrected chi connectivity index (χ3v) is 1.87. The van der Waals surface area contributed by atoms with Crippen molar-refractivity contribution in [1.82, 2.24) is 0 Å². The number of rotatable bonds is 2. The Hall–Kier alpha value is -0.417. The molecule has 2 rings (SSSR count). The van der Waals surface area contributed by atoms with Gasteiger partial charge in [0.15, 0.2) is 0 Å². The summed E-state index contributed by atoms with van der Waals surface area (Å²) in [7, 11) is 0. The van der Waals surface area contributed by atoms with E-state index in [0.717, 1.165) is 12.8 Å². The van der Waals surface area contributed by atoms with Gasteiger partial charge < -0.3 is 0 Å². The van der Waals surface area contributed by atoms with E-state index in [0.29, 0.717) is 0 Å². The van der Waals surface area contributed by atoms with Gasteiger partial charge in [-0.05, 0) is 0 Å². The van der Waals surface area contributed by atoms with Crippen molar-refractivity contribution in [3.8, 4) is 0 Å². The van der Waals surface area contributed by atoms with Crippen LogP contribution in [0.3, 0.4) is 0 Å². The normalized spacial score (nSPS) is 15.9. The fourth-order valence-electron chi connectivity index (χ4n) is 1.23. The van der Waals surface area contributed by atoms with Crippen LogP contribution in [-0.2, 0) is 19.5 Å². The van der Waals surface area contributed by atoms with Crippen LogP contribution in [0.2, 0.25) is 0 Å². The fourth-order valence-corrected chi connectivity index (χ4v) is 1.23. The van der Waals surface area contributed by atoms with Gasteiger partial charge in [-0.3, -0.25) is 12.2 Å². The number of hydrogen-bond donors (Lipinski definition) is 0. The van der Waals surface area contributed by atoms with Crippen molar-refractivity contribution in [3.63, 3.8) is 0 Å². The Labute approximate surface area is 100 Å². The van der Waals surface area contributed by atoms with E-state index in [-0.39, 0.29) is 19.5 Å². The zero-order valence-corrected chi connectivity index (χ0v) is 10.3. The SMILES string of the molecule is CCCC1=[C-]CC=C1.[C-]1=CC=CC1.[Ru+2]. The zero-order chi connectivity index (χ0) is 9.36. The molecule has 0 bridgehead atoms. The van der Waals surface area contributed by atoms with Crippen LogP contribution in [0.1, 0.15) is 32.6 Å². The van der Waals surface area contributed by atoms with Crippen LogP contribution in [0.15, 0.2) is 36.0 Å². The van der Waals surface area contributed by atoms with Gasteiger partial charge in [-0.15, -0.1) is 12.8 Å². The van der Waals surface area contributed by atoms with Gasteiger partial charge in [0, 0.05) is 0 Å². The van der Waals surface area contributed by atoms with Crippen molar-refractivity contribution in [2.75, 3.05) is 0 Å². The van der Waals surface area contributed by atoms with Gasteiger partial charge >= 0.3 is 19.5 Å². The predicted octanol–water partition coefficient (Wildman–Crippen LogP) is 3.78. The maximum absolute atomic E-state index is 3.26. The summed E-state index contributed by atoms with van der Waals surface area (Å²) < 4.78 is 0. The van der Waals surface area contributed by atoms with Crippen LogP contribution >= 0.6 is 0 Å². The minimum atomic E-state index is 0. The van der Waals surface area contributed by atoms with Gasteiger partial charge in [-0.2, -0.15) is 12.2 Å². The molecule has 14 heavy (non-hydrogen) atoms. The molecule has 0 radical (unpaired) electrons. The molecule has 0 heterocycles. The first-order chi connectivity index (χ1) is 6.43. The maximum atomic E-state index is 3.26. The van der Waals surface area contributed by atoms with Gasteiger partial charge in [-0.25, -0.2) is 23.8 Å². The third kappa shape index (κ3) is 6.10. The molecule has 0 aliphatic heterocycles. The summed E-state index contributed by atoms with van der Waals surface area (Å²) in [5.74, 6) is 0. The molecule has 1 heteroatoms. The molecule has 0 unspecified atom stereocenters. The van der Waals surface area contributed by atoms with Crippen LogP contribution in [0, 0.1) is 12.2 Å². The van der Waals surface area contributed by atoms with Gasteiger partial charge in [-0.1, -0.05) is 19.8 Å². The van der Waals surface area contributed by atoms with Crippen molar-refractivity contribution in [3.05, 3.63) is 48.1 Å². The molecule has 0 fully saturated rings. The fraction of sp³-hybridized carbons (Fsp3) is 0.385. The summed E-state index contributed by atoms with van der Waals surface area (Å²) in [4.78, 5) is 0. The summed E-state index contributed by atoms with van der Waals surface area (Å²) in [6.07, 6.45) is 21.1. The molecule has 76 valence electrons. The van der Waals surface area contributed by atoms with Crippen LogP contribution in [0.4, 0.5) is 0 Å². The van der Waals surface area contributed by atoms with Gasteiger partial charge in [0.1, 0.15) is 0 Å². The predicted molar refractivity (Wildman–Crippen MR) is 57.0 cm³/mol. The van der Waals surface area contributed by atoms with Crippen molar-refractivity contribution in [2.45, 2.75) is 32.6 Å². The van der Waals surface area contributed by atoms with E-state index >= 15 is 0 Å². The Morgan fingerprint density at radius 3 is 2.50 bits per heavy atom. The van der Waals surface area contributed by atoms with Gasteiger partial charge in [0.05, 0.1) is 0 Å². The molecule has 0 N–H and O–H groups in total. The van der Waals surface area contributed by atoms with E-state index in [1.54, 1.807) is 0 Å². The molecule has 2 aliphatic carbocycles. The van der Waals surface area contributed by atoms with Crippen LogP contribution < -0.4 is 0 Å². The summed E-state index contributed by atoms with van der Waals surface area (Å²) in [5, 5.41) is 0. The molecule has 0 nitrogen and oxygen atoms in total. The quantitative estimate of drug-likeness (QED) is 0.530. The van der Waals surface area contributed by atoms with Crippen LogP contribution in [-0.4, -0.2) is 0 Å². The van der Waals surface area contributed by atoms with E-state index in [9.17, 15) is 0 Å². The van der Waals surface area contributed by atoms with Crippen molar-refractivity contribution >= 4 is 0 Å². The third-order valence-electron chi connectivity index (χ3n) is 1.87. The first-order valence-electron chi connectivity index (χ1n) is 4.91. The summed E-state index contributed by atoms with van der Waals surface area (Å²) >= 11 is 0. The van der Waals surface area contributed by atoms with E-state index < -0.39 is 0 Å². The van der Waals surface area contributed by atoms with E-state index in [1.165, 1.54) is 18.4 Å². The first kappa shape index (κ1) is 13.6. The molecule has 0 saturated heterocycles. The van der Waals surface area contributed by atoms with Crippen LogP contribution in [0.5, 0.6) is 0 Å².